The van der Waals surface area contributed by atoms with Crippen LogP contribution in [0.3, 0.4) is 0 Å². The van der Waals surface area contributed by atoms with Crippen molar-refractivity contribution in [2.24, 2.45) is 5.92 Å². The Bertz CT molecular complexity index is 480. The molecule has 0 aliphatic heterocycles. The first-order chi connectivity index (χ1) is 8.76. The average molecular weight is 263 g/mol. The third kappa shape index (κ3) is 3.56. The Morgan fingerprint density at radius 3 is 2.42 bits per heavy atom. The topological polar surface area (TPSA) is 66.4 Å². The lowest BCUT2D eigenvalue weighted by Gasteiger charge is -2.26. The summed E-state index contributed by atoms with van der Waals surface area (Å²) in [6.07, 6.45) is 0. The quantitative estimate of drug-likeness (QED) is 0.855. The van der Waals surface area contributed by atoms with Crippen molar-refractivity contribution in [2.75, 3.05) is 6.54 Å². The Labute approximate surface area is 113 Å². The van der Waals surface area contributed by atoms with Crippen molar-refractivity contribution in [2.45, 2.75) is 33.1 Å². The van der Waals surface area contributed by atoms with Crippen LogP contribution in [0.15, 0.2) is 24.3 Å². The predicted molar refractivity (Wildman–Crippen MR) is 74.0 cm³/mol. The summed E-state index contributed by atoms with van der Waals surface area (Å²) in [6.45, 7) is 7.36. The lowest BCUT2D eigenvalue weighted by atomic mass is 9.81. The van der Waals surface area contributed by atoms with Crippen LogP contribution in [0.1, 0.15) is 31.9 Å². The number of hydrogen-bond acceptors (Lipinski definition) is 2. The summed E-state index contributed by atoms with van der Waals surface area (Å²) in [4.78, 5) is 23.0. The van der Waals surface area contributed by atoms with Crippen LogP contribution in [0.4, 0.5) is 0 Å². The number of amides is 1. The Morgan fingerprint density at radius 2 is 1.89 bits per heavy atom. The van der Waals surface area contributed by atoms with E-state index in [0.29, 0.717) is 0 Å². The number of carboxylic acids is 1. The standard InChI is InChI=1S/C15H21NO3/c1-10-7-5-6-8-12(10)15(3,4)14(19)16-9-11(2)13(17)18/h5-8,11H,9H2,1-4H3,(H,16,19)(H,17,18). The maximum Gasteiger partial charge on any atom is 0.308 e. The van der Waals surface area contributed by atoms with E-state index in [1.54, 1.807) is 6.92 Å². The number of nitrogens with one attached hydrogen (secondary N) is 1. The number of aliphatic carboxylic acids is 1. The molecule has 0 heterocycles. The van der Waals surface area contributed by atoms with Gasteiger partial charge in [0.1, 0.15) is 0 Å². The second-order valence-corrected chi connectivity index (χ2v) is 5.39. The lowest BCUT2D eigenvalue weighted by Crippen LogP contribution is -2.43. The largest absolute Gasteiger partial charge is 0.481 e. The molecule has 0 spiro atoms. The minimum atomic E-state index is -0.908. The molecule has 4 nitrogen and oxygen atoms in total. The first kappa shape index (κ1) is 15.2. The van der Waals surface area contributed by atoms with Gasteiger partial charge in [0.15, 0.2) is 0 Å². The van der Waals surface area contributed by atoms with Gasteiger partial charge in [-0.05, 0) is 31.9 Å². The van der Waals surface area contributed by atoms with Crippen LogP contribution in [-0.2, 0) is 15.0 Å². The second kappa shape index (κ2) is 5.87. The van der Waals surface area contributed by atoms with Crippen molar-refractivity contribution in [1.29, 1.82) is 0 Å². The molecule has 0 aliphatic rings. The zero-order valence-corrected chi connectivity index (χ0v) is 11.9. The van der Waals surface area contributed by atoms with Gasteiger partial charge in [0, 0.05) is 6.54 Å². The van der Waals surface area contributed by atoms with E-state index >= 15 is 0 Å². The number of rotatable bonds is 5. The molecule has 1 amide bonds. The molecule has 0 saturated heterocycles. The summed E-state index contributed by atoms with van der Waals surface area (Å²) in [7, 11) is 0. The van der Waals surface area contributed by atoms with E-state index in [4.69, 9.17) is 5.11 Å². The molecule has 1 aromatic rings. The van der Waals surface area contributed by atoms with Gasteiger partial charge in [-0.2, -0.15) is 0 Å². The summed E-state index contributed by atoms with van der Waals surface area (Å²) in [5, 5.41) is 11.5. The van der Waals surface area contributed by atoms with Crippen LogP contribution >= 0.6 is 0 Å². The highest BCUT2D eigenvalue weighted by atomic mass is 16.4. The van der Waals surface area contributed by atoms with Crippen LogP contribution in [-0.4, -0.2) is 23.5 Å². The molecule has 104 valence electrons. The Kier molecular flexibility index (Phi) is 4.70. The second-order valence-electron chi connectivity index (χ2n) is 5.39. The van der Waals surface area contributed by atoms with Gasteiger partial charge in [-0.1, -0.05) is 31.2 Å². The number of hydrogen-bond donors (Lipinski definition) is 2. The summed E-state index contributed by atoms with van der Waals surface area (Å²) < 4.78 is 0. The number of carboxylic acid groups (broad SMARTS) is 1. The summed E-state index contributed by atoms with van der Waals surface area (Å²) in [6, 6.07) is 7.72. The van der Waals surface area contributed by atoms with Gasteiger partial charge in [0.25, 0.3) is 0 Å². The van der Waals surface area contributed by atoms with Gasteiger partial charge in [-0.15, -0.1) is 0 Å². The third-order valence-corrected chi connectivity index (χ3v) is 3.38. The molecule has 19 heavy (non-hydrogen) atoms. The Balaban J connectivity index is 2.80. The Hall–Kier alpha value is -1.84. The molecule has 2 N–H and O–H groups in total. The van der Waals surface area contributed by atoms with Crippen LogP contribution in [0.5, 0.6) is 0 Å². The zero-order valence-electron chi connectivity index (χ0n) is 11.9. The third-order valence-electron chi connectivity index (χ3n) is 3.38. The molecule has 0 saturated carbocycles. The monoisotopic (exact) mass is 263 g/mol. The molecule has 1 aromatic carbocycles. The average Bonchev–Trinajstić information content (AvgIpc) is 2.35. The fraction of sp³-hybridized carbons (Fsp3) is 0.467. The number of aryl methyl sites for hydroxylation is 1. The van der Waals surface area contributed by atoms with E-state index in [0.717, 1.165) is 11.1 Å². The van der Waals surface area contributed by atoms with E-state index in [2.05, 4.69) is 5.32 Å². The van der Waals surface area contributed by atoms with Crippen LogP contribution in [0.2, 0.25) is 0 Å². The van der Waals surface area contributed by atoms with Gasteiger partial charge in [0.05, 0.1) is 11.3 Å². The van der Waals surface area contributed by atoms with Gasteiger partial charge >= 0.3 is 5.97 Å². The van der Waals surface area contributed by atoms with Gasteiger partial charge in [-0.3, -0.25) is 9.59 Å². The molecule has 0 bridgehead atoms. The molecule has 1 unspecified atom stereocenters. The van der Waals surface area contributed by atoms with Crippen LogP contribution < -0.4 is 5.32 Å². The summed E-state index contributed by atoms with van der Waals surface area (Å²) in [5.41, 5.74) is 1.33. The number of carbonyl (C=O) groups is 2. The van der Waals surface area contributed by atoms with Gasteiger partial charge in [-0.25, -0.2) is 0 Å². The molecule has 1 atom stereocenters. The van der Waals surface area contributed by atoms with Crippen molar-refractivity contribution in [3.05, 3.63) is 35.4 Å². The highest BCUT2D eigenvalue weighted by molar-refractivity contribution is 5.88. The highest BCUT2D eigenvalue weighted by Gasteiger charge is 2.31. The lowest BCUT2D eigenvalue weighted by molar-refractivity contribution is -0.141. The Morgan fingerprint density at radius 1 is 1.32 bits per heavy atom. The van der Waals surface area contributed by atoms with Crippen molar-refractivity contribution in [3.8, 4) is 0 Å². The van der Waals surface area contributed by atoms with E-state index < -0.39 is 17.3 Å². The minimum Gasteiger partial charge on any atom is -0.481 e. The van der Waals surface area contributed by atoms with Crippen LogP contribution in [0.25, 0.3) is 0 Å². The first-order valence-corrected chi connectivity index (χ1v) is 6.34. The van der Waals surface area contributed by atoms with Crippen molar-refractivity contribution >= 4 is 11.9 Å². The molecule has 4 heteroatoms. The fourth-order valence-electron chi connectivity index (χ4n) is 1.95. The molecular formula is C15H21NO3. The van der Waals surface area contributed by atoms with Crippen LogP contribution in [0, 0.1) is 12.8 Å². The van der Waals surface area contributed by atoms with Crippen molar-refractivity contribution < 1.29 is 14.7 Å². The normalized spacial score (nSPS) is 12.8. The summed E-state index contributed by atoms with van der Waals surface area (Å²) >= 11 is 0. The van der Waals surface area contributed by atoms with Crippen molar-refractivity contribution in [1.82, 2.24) is 5.32 Å². The summed E-state index contributed by atoms with van der Waals surface area (Å²) in [5.74, 6) is -1.65. The number of benzene rings is 1. The van der Waals surface area contributed by atoms with Crippen molar-refractivity contribution in [3.63, 3.8) is 0 Å². The zero-order chi connectivity index (χ0) is 14.6. The van der Waals surface area contributed by atoms with E-state index in [9.17, 15) is 9.59 Å². The molecule has 0 aromatic heterocycles. The molecule has 0 fully saturated rings. The first-order valence-electron chi connectivity index (χ1n) is 6.34. The van der Waals surface area contributed by atoms with E-state index in [1.165, 1.54) is 0 Å². The van der Waals surface area contributed by atoms with E-state index in [1.807, 2.05) is 45.0 Å². The fourth-order valence-corrected chi connectivity index (χ4v) is 1.95. The molecule has 0 aliphatic carbocycles. The van der Waals surface area contributed by atoms with Gasteiger partial charge < -0.3 is 10.4 Å². The maximum atomic E-state index is 12.2. The molecule has 1 rings (SSSR count). The molecular weight excluding hydrogens is 242 g/mol. The predicted octanol–water partition coefficient (Wildman–Crippen LogP) is 2.11. The molecule has 0 radical (unpaired) electrons. The van der Waals surface area contributed by atoms with E-state index in [-0.39, 0.29) is 12.5 Å². The smallest absolute Gasteiger partial charge is 0.308 e. The maximum absolute atomic E-state index is 12.2. The SMILES string of the molecule is Cc1ccccc1C(C)(C)C(=O)NCC(C)C(=O)O. The minimum absolute atomic E-state index is 0.142. The highest BCUT2D eigenvalue weighted by Crippen LogP contribution is 2.26. The van der Waals surface area contributed by atoms with Gasteiger partial charge in [0.2, 0.25) is 5.91 Å². The number of carbonyl (C=O) groups excluding carboxylic acids is 1.